The van der Waals surface area contributed by atoms with Crippen molar-refractivity contribution in [2.24, 2.45) is 10.9 Å². The molecule has 2 aromatic rings. The van der Waals surface area contributed by atoms with Crippen LogP contribution < -0.4 is 15.4 Å². The van der Waals surface area contributed by atoms with Crippen molar-refractivity contribution in [3.63, 3.8) is 0 Å². The van der Waals surface area contributed by atoms with Crippen LogP contribution in [0.2, 0.25) is 0 Å². The summed E-state index contributed by atoms with van der Waals surface area (Å²) in [5.41, 5.74) is 0.982. The van der Waals surface area contributed by atoms with Gasteiger partial charge in [-0.05, 0) is 56.8 Å². The Labute approximate surface area is 172 Å². The zero-order valence-corrected chi connectivity index (χ0v) is 17.8. The summed E-state index contributed by atoms with van der Waals surface area (Å²) in [6.45, 7) is 5.52. The number of aliphatic imine (C=N–C) groups is 1. The van der Waals surface area contributed by atoms with Crippen LogP contribution >= 0.6 is 11.3 Å². The van der Waals surface area contributed by atoms with E-state index in [1.165, 1.54) is 17.7 Å². The molecular formula is C21H31N5OS. The van der Waals surface area contributed by atoms with E-state index in [1.807, 2.05) is 23.5 Å². The summed E-state index contributed by atoms with van der Waals surface area (Å²) in [6.07, 6.45) is 4.21. The first kappa shape index (κ1) is 20.6. The van der Waals surface area contributed by atoms with Crippen LogP contribution in [0.3, 0.4) is 0 Å². The molecule has 152 valence electrons. The molecular weight excluding hydrogens is 370 g/mol. The van der Waals surface area contributed by atoms with Crippen LogP contribution in [-0.2, 0) is 6.54 Å². The molecule has 0 radical (unpaired) electrons. The highest BCUT2D eigenvalue weighted by molar-refractivity contribution is 7.10. The van der Waals surface area contributed by atoms with Crippen LogP contribution in [0.5, 0.6) is 5.88 Å². The molecule has 1 fully saturated rings. The van der Waals surface area contributed by atoms with Gasteiger partial charge in [-0.15, -0.1) is 11.3 Å². The van der Waals surface area contributed by atoms with E-state index in [1.54, 1.807) is 13.3 Å². The van der Waals surface area contributed by atoms with Gasteiger partial charge in [-0.2, -0.15) is 0 Å². The van der Waals surface area contributed by atoms with E-state index in [0.29, 0.717) is 24.4 Å². The molecule has 28 heavy (non-hydrogen) atoms. The van der Waals surface area contributed by atoms with Crippen molar-refractivity contribution in [3.05, 3.63) is 46.3 Å². The number of aromatic nitrogens is 1. The highest BCUT2D eigenvalue weighted by atomic mass is 32.1. The minimum absolute atomic E-state index is 0.475. The second-order valence-corrected chi connectivity index (χ2v) is 8.07. The summed E-state index contributed by atoms with van der Waals surface area (Å²) in [6, 6.07) is 8.80. The fourth-order valence-corrected chi connectivity index (χ4v) is 4.83. The monoisotopic (exact) mass is 401 g/mol. The molecule has 0 aliphatic carbocycles. The lowest BCUT2D eigenvalue weighted by Crippen LogP contribution is -2.44. The first-order valence-corrected chi connectivity index (χ1v) is 10.8. The van der Waals surface area contributed by atoms with Crippen LogP contribution in [-0.4, -0.2) is 49.6 Å². The molecule has 1 aliphatic heterocycles. The largest absolute Gasteiger partial charge is 0.481 e. The Bertz CT molecular complexity index is 749. The van der Waals surface area contributed by atoms with Gasteiger partial charge in [0.15, 0.2) is 5.96 Å². The van der Waals surface area contributed by atoms with Crippen molar-refractivity contribution in [1.82, 2.24) is 20.5 Å². The predicted octanol–water partition coefficient (Wildman–Crippen LogP) is 3.29. The second kappa shape index (κ2) is 10.4. The van der Waals surface area contributed by atoms with Gasteiger partial charge in [0.1, 0.15) is 0 Å². The van der Waals surface area contributed by atoms with Gasteiger partial charge < -0.3 is 15.4 Å². The number of ether oxygens (including phenoxy) is 1. The second-order valence-electron chi connectivity index (χ2n) is 7.09. The molecule has 0 amide bonds. The van der Waals surface area contributed by atoms with Crippen LogP contribution in [0.15, 0.2) is 40.8 Å². The van der Waals surface area contributed by atoms with E-state index >= 15 is 0 Å². The van der Waals surface area contributed by atoms with Crippen molar-refractivity contribution in [2.75, 3.05) is 33.8 Å². The lowest BCUT2D eigenvalue weighted by Gasteiger charge is -2.39. The van der Waals surface area contributed by atoms with E-state index in [0.717, 1.165) is 31.2 Å². The maximum atomic E-state index is 5.33. The van der Waals surface area contributed by atoms with Crippen molar-refractivity contribution < 1.29 is 4.74 Å². The van der Waals surface area contributed by atoms with Crippen molar-refractivity contribution in [3.8, 4) is 5.88 Å². The van der Waals surface area contributed by atoms with E-state index in [9.17, 15) is 0 Å². The fraction of sp³-hybridized carbons (Fsp3) is 0.524. The average molecular weight is 402 g/mol. The van der Waals surface area contributed by atoms with E-state index in [2.05, 4.69) is 52.0 Å². The first-order valence-electron chi connectivity index (χ1n) is 9.96. The molecule has 2 unspecified atom stereocenters. The number of guanidine groups is 1. The number of likely N-dealkylation sites (tertiary alicyclic amines) is 1. The fourth-order valence-electron chi connectivity index (χ4n) is 3.84. The van der Waals surface area contributed by atoms with E-state index in [-0.39, 0.29) is 0 Å². The molecule has 1 aliphatic rings. The Morgan fingerprint density at radius 2 is 2.25 bits per heavy atom. The molecule has 2 atom stereocenters. The lowest BCUT2D eigenvalue weighted by molar-refractivity contribution is 0.125. The number of thiophene rings is 1. The van der Waals surface area contributed by atoms with Gasteiger partial charge in [-0.1, -0.05) is 12.1 Å². The van der Waals surface area contributed by atoms with Crippen LogP contribution in [0.4, 0.5) is 0 Å². The molecule has 6 nitrogen and oxygen atoms in total. The number of nitrogens with one attached hydrogen (secondary N) is 2. The summed E-state index contributed by atoms with van der Waals surface area (Å²) < 4.78 is 5.33. The Morgan fingerprint density at radius 3 is 3.00 bits per heavy atom. The number of hydrogen-bond acceptors (Lipinski definition) is 5. The van der Waals surface area contributed by atoms with Crippen LogP contribution in [0, 0.1) is 5.92 Å². The number of piperidine rings is 1. The van der Waals surface area contributed by atoms with Gasteiger partial charge in [0, 0.05) is 35.8 Å². The minimum atomic E-state index is 0.475. The van der Waals surface area contributed by atoms with Crippen molar-refractivity contribution >= 4 is 17.3 Å². The molecule has 2 aromatic heterocycles. The lowest BCUT2D eigenvalue weighted by atomic mass is 9.88. The summed E-state index contributed by atoms with van der Waals surface area (Å²) in [4.78, 5) is 12.9. The molecule has 1 saturated heterocycles. The molecule has 3 heterocycles. The van der Waals surface area contributed by atoms with E-state index in [4.69, 9.17) is 9.73 Å². The molecule has 0 aromatic carbocycles. The maximum Gasteiger partial charge on any atom is 0.218 e. The van der Waals surface area contributed by atoms with Crippen molar-refractivity contribution in [1.29, 1.82) is 0 Å². The molecule has 7 heteroatoms. The van der Waals surface area contributed by atoms with Gasteiger partial charge in [0.2, 0.25) is 5.88 Å². The molecule has 0 bridgehead atoms. The standard InChI is InChI=1S/C21H31N5OS/c1-4-22-21(25-15-17-8-5-11-23-20(17)27-3)24-14-16-9-6-12-26(2)19(16)18-10-7-13-28-18/h5,7-8,10-11,13,16,19H,4,6,9,12,14-15H2,1-3H3,(H2,22,24,25). The third-order valence-corrected chi connectivity index (χ3v) is 6.11. The summed E-state index contributed by atoms with van der Waals surface area (Å²) in [5.74, 6) is 2.04. The van der Waals surface area contributed by atoms with Gasteiger partial charge in [-0.3, -0.25) is 4.90 Å². The Hall–Kier alpha value is -2.12. The number of rotatable bonds is 7. The number of hydrogen-bond donors (Lipinski definition) is 2. The van der Waals surface area contributed by atoms with Gasteiger partial charge >= 0.3 is 0 Å². The quantitative estimate of drug-likeness (QED) is 0.551. The number of pyridine rings is 1. The Kier molecular flexibility index (Phi) is 7.68. The highest BCUT2D eigenvalue weighted by Gasteiger charge is 2.31. The van der Waals surface area contributed by atoms with Gasteiger partial charge in [-0.25, -0.2) is 9.98 Å². The number of nitrogens with zero attached hydrogens (tertiary/aromatic N) is 3. The molecule has 3 rings (SSSR count). The van der Waals surface area contributed by atoms with E-state index < -0.39 is 0 Å². The third kappa shape index (κ3) is 5.23. The molecule has 2 N–H and O–H groups in total. The summed E-state index contributed by atoms with van der Waals surface area (Å²) >= 11 is 1.86. The maximum absolute atomic E-state index is 5.33. The van der Waals surface area contributed by atoms with Crippen LogP contribution in [0.1, 0.15) is 36.2 Å². The van der Waals surface area contributed by atoms with Crippen molar-refractivity contribution in [2.45, 2.75) is 32.4 Å². The third-order valence-electron chi connectivity index (χ3n) is 5.17. The van der Waals surface area contributed by atoms with Gasteiger partial charge in [0.05, 0.1) is 13.7 Å². The zero-order chi connectivity index (χ0) is 19.8. The normalized spacial score (nSPS) is 20.8. The SMILES string of the molecule is CCNC(=NCc1cccnc1OC)NCC1CCCN(C)C1c1cccs1. The first-order chi connectivity index (χ1) is 13.7. The summed E-state index contributed by atoms with van der Waals surface area (Å²) in [5, 5.41) is 9.10. The summed E-state index contributed by atoms with van der Waals surface area (Å²) in [7, 11) is 3.88. The average Bonchev–Trinajstić information content (AvgIpc) is 3.24. The van der Waals surface area contributed by atoms with Gasteiger partial charge in [0.25, 0.3) is 0 Å². The Balaban J connectivity index is 1.66. The minimum Gasteiger partial charge on any atom is -0.481 e. The Morgan fingerprint density at radius 1 is 1.36 bits per heavy atom. The highest BCUT2D eigenvalue weighted by Crippen LogP contribution is 2.36. The smallest absolute Gasteiger partial charge is 0.218 e. The topological polar surface area (TPSA) is 61.8 Å². The molecule has 0 saturated carbocycles. The zero-order valence-electron chi connectivity index (χ0n) is 17.0. The van der Waals surface area contributed by atoms with Crippen LogP contribution in [0.25, 0.3) is 0 Å². The number of methoxy groups -OCH3 is 1. The predicted molar refractivity (Wildman–Crippen MR) is 116 cm³/mol. The molecule has 0 spiro atoms.